The van der Waals surface area contributed by atoms with Crippen LogP contribution in [-0.2, 0) is 17.8 Å². The summed E-state index contributed by atoms with van der Waals surface area (Å²) in [6.45, 7) is 0.418. The summed E-state index contributed by atoms with van der Waals surface area (Å²) in [6, 6.07) is 11.0. The molecule has 3 rings (SSSR count). The molecule has 0 saturated heterocycles. The van der Waals surface area contributed by atoms with Gasteiger partial charge in [0.1, 0.15) is 6.33 Å². The molecule has 0 amide bonds. The summed E-state index contributed by atoms with van der Waals surface area (Å²) < 4.78 is 20.0. The molecule has 0 atom stereocenters. The molecule has 0 aliphatic heterocycles. The molecule has 2 aromatic heterocycles. The van der Waals surface area contributed by atoms with Gasteiger partial charge in [-0.15, -0.1) is 11.3 Å². The van der Waals surface area contributed by atoms with Crippen LogP contribution in [0.3, 0.4) is 0 Å². The highest BCUT2D eigenvalue weighted by atomic mass is 32.1. The second-order valence-corrected chi connectivity index (χ2v) is 7.17. The van der Waals surface area contributed by atoms with Crippen molar-refractivity contribution in [2.24, 2.45) is 5.73 Å². The molecular weight excluding hydrogens is 383 g/mol. The Balaban J connectivity index is 1.74. The lowest BCUT2D eigenvalue weighted by atomic mass is 10.1. The second-order valence-electron chi connectivity index (χ2n) is 6.01. The minimum absolute atomic E-state index is 0.0266. The average Bonchev–Trinajstić information content (AvgIpc) is 3.33. The largest absolute Gasteiger partial charge is 0.465 e. The molecule has 0 aliphatic carbocycles. The van der Waals surface area contributed by atoms with E-state index in [1.165, 1.54) is 34.0 Å². The van der Waals surface area contributed by atoms with E-state index in [4.69, 9.17) is 10.5 Å². The molecule has 2 N–H and O–H groups in total. The van der Waals surface area contributed by atoms with Crippen LogP contribution in [-0.4, -0.2) is 34.0 Å². The number of aromatic nitrogens is 3. The van der Waals surface area contributed by atoms with Gasteiger partial charge in [-0.3, -0.25) is 4.57 Å². The van der Waals surface area contributed by atoms with E-state index in [9.17, 15) is 14.0 Å². The summed E-state index contributed by atoms with van der Waals surface area (Å²) in [5.41, 5.74) is 6.84. The average molecular weight is 402 g/mol. The smallest absolute Gasteiger partial charge is 0.346 e. The Morgan fingerprint density at radius 1 is 1.29 bits per heavy atom. The van der Waals surface area contributed by atoms with Crippen LogP contribution in [0.15, 0.2) is 59.4 Å². The van der Waals surface area contributed by atoms with Gasteiger partial charge >= 0.3 is 11.7 Å². The first-order chi connectivity index (χ1) is 13.5. The molecule has 0 unspecified atom stereocenters. The van der Waals surface area contributed by atoms with Gasteiger partial charge in [0.2, 0.25) is 0 Å². The zero-order valence-corrected chi connectivity index (χ0v) is 16.0. The molecule has 0 aliphatic rings. The number of nitrogens with zero attached hydrogens (tertiary/aromatic N) is 3. The molecule has 2 heterocycles. The second kappa shape index (κ2) is 8.77. The van der Waals surface area contributed by atoms with Crippen molar-refractivity contribution in [1.82, 2.24) is 14.3 Å². The Labute approximate surface area is 164 Å². The van der Waals surface area contributed by atoms with E-state index < -0.39 is 0 Å². The lowest BCUT2D eigenvalue weighted by Gasteiger charge is -2.02. The van der Waals surface area contributed by atoms with Crippen LogP contribution in [0.4, 0.5) is 4.39 Å². The van der Waals surface area contributed by atoms with Crippen molar-refractivity contribution in [2.75, 3.05) is 13.7 Å². The third-order valence-electron chi connectivity index (χ3n) is 4.14. The third-order valence-corrected chi connectivity index (χ3v) is 5.26. The first-order valence-electron chi connectivity index (χ1n) is 8.43. The predicted molar refractivity (Wildman–Crippen MR) is 105 cm³/mol. The number of thiophene rings is 1. The number of benzene rings is 1. The Morgan fingerprint density at radius 3 is 2.68 bits per heavy atom. The Kier molecular flexibility index (Phi) is 6.17. The van der Waals surface area contributed by atoms with Gasteiger partial charge in [0.15, 0.2) is 0 Å². The molecule has 0 spiro atoms. The van der Waals surface area contributed by atoms with Crippen molar-refractivity contribution in [1.29, 1.82) is 0 Å². The lowest BCUT2D eigenvalue weighted by molar-refractivity contribution is 0.0601. The number of hydrogen-bond acceptors (Lipinski definition) is 6. The van der Waals surface area contributed by atoms with Crippen LogP contribution in [0, 0.1) is 0 Å². The van der Waals surface area contributed by atoms with Crippen molar-refractivity contribution >= 4 is 17.3 Å². The molecular formula is C19H19FN4O3S. The van der Waals surface area contributed by atoms with E-state index in [0.717, 1.165) is 15.3 Å². The van der Waals surface area contributed by atoms with Gasteiger partial charge in [-0.2, -0.15) is 5.10 Å². The van der Waals surface area contributed by atoms with Gasteiger partial charge in [0, 0.05) is 16.3 Å². The van der Waals surface area contributed by atoms with Crippen LogP contribution in [0.25, 0.3) is 10.4 Å². The molecule has 0 fully saturated rings. The fourth-order valence-electron chi connectivity index (χ4n) is 2.60. The summed E-state index contributed by atoms with van der Waals surface area (Å²) in [6.07, 6.45) is 1.84. The Hall–Kier alpha value is -3.04. The predicted octanol–water partition coefficient (Wildman–Crippen LogP) is 2.42. The van der Waals surface area contributed by atoms with Crippen LogP contribution in [0.5, 0.6) is 0 Å². The summed E-state index contributed by atoms with van der Waals surface area (Å²) in [7, 11) is 1.34. The molecule has 3 aromatic rings. The first-order valence-corrected chi connectivity index (χ1v) is 9.25. The topological polar surface area (TPSA) is 92.1 Å². The first kappa shape index (κ1) is 19.7. The number of hydrogen-bond donors (Lipinski definition) is 1. The van der Waals surface area contributed by atoms with Crippen LogP contribution in [0.2, 0.25) is 0 Å². The molecule has 28 heavy (non-hydrogen) atoms. The number of nitrogens with two attached hydrogens (primary N) is 1. The van der Waals surface area contributed by atoms with Gasteiger partial charge in [0.25, 0.3) is 0 Å². The third kappa shape index (κ3) is 4.26. The zero-order valence-electron chi connectivity index (χ0n) is 15.2. The highest BCUT2D eigenvalue weighted by Gasteiger charge is 2.10. The zero-order chi connectivity index (χ0) is 20.1. The van der Waals surface area contributed by atoms with Gasteiger partial charge in [-0.05, 0) is 35.4 Å². The maximum Gasteiger partial charge on any atom is 0.346 e. The van der Waals surface area contributed by atoms with Crippen LogP contribution in [0.1, 0.15) is 15.2 Å². The van der Waals surface area contributed by atoms with Crippen molar-refractivity contribution in [3.8, 4) is 10.4 Å². The molecule has 0 bridgehead atoms. The van der Waals surface area contributed by atoms with E-state index in [1.54, 1.807) is 12.1 Å². The van der Waals surface area contributed by atoms with Crippen molar-refractivity contribution in [3.05, 3.63) is 75.6 Å². The van der Waals surface area contributed by atoms with E-state index in [0.29, 0.717) is 24.0 Å². The van der Waals surface area contributed by atoms with Crippen LogP contribution >= 0.6 is 11.3 Å². The van der Waals surface area contributed by atoms with Crippen molar-refractivity contribution < 1.29 is 13.9 Å². The number of carbonyl (C=O) groups is 1. The summed E-state index contributed by atoms with van der Waals surface area (Å²) >= 11 is 1.54. The van der Waals surface area contributed by atoms with Gasteiger partial charge < -0.3 is 10.5 Å². The maximum absolute atomic E-state index is 12.7. The van der Waals surface area contributed by atoms with Gasteiger partial charge in [0.05, 0.1) is 32.1 Å². The highest BCUT2D eigenvalue weighted by molar-refractivity contribution is 7.15. The Morgan fingerprint density at radius 2 is 2.04 bits per heavy atom. The minimum atomic E-state index is -0.379. The molecule has 146 valence electrons. The fraction of sp³-hybridized carbons (Fsp3) is 0.211. The maximum atomic E-state index is 12.7. The summed E-state index contributed by atoms with van der Waals surface area (Å²) in [4.78, 5) is 25.9. The number of methoxy groups -OCH3 is 1. The summed E-state index contributed by atoms with van der Waals surface area (Å²) in [5.74, 6) is -0.379. The van der Waals surface area contributed by atoms with E-state index in [1.807, 2.05) is 24.3 Å². The number of ether oxygens (including phenoxy) is 1. The normalized spacial score (nSPS) is 11.6. The fourth-order valence-corrected chi connectivity index (χ4v) is 3.61. The van der Waals surface area contributed by atoms with Gasteiger partial charge in [-0.25, -0.2) is 18.7 Å². The number of rotatable bonds is 7. The molecule has 9 heteroatoms. The molecule has 7 nitrogen and oxygen atoms in total. The standard InChI is InChI=1S/C19H19FN4O3S/c1-27-18(25)15-4-2-14(3-5-15)17-7-6-16(28-17)11-23-12-22-24(19(23)26)10-13(8-20)9-21/h2-8,12H,9-11,21H2,1H3/b13-8+. The minimum Gasteiger partial charge on any atom is -0.465 e. The lowest BCUT2D eigenvalue weighted by Crippen LogP contribution is -2.26. The number of halogens is 1. The summed E-state index contributed by atoms with van der Waals surface area (Å²) in [5, 5.41) is 4.01. The van der Waals surface area contributed by atoms with Crippen molar-refractivity contribution in [2.45, 2.75) is 13.1 Å². The SMILES string of the molecule is COC(=O)c1ccc(-c2ccc(Cn3cnn(C/C(=C/F)CN)c3=O)s2)cc1. The highest BCUT2D eigenvalue weighted by Crippen LogP contribution is 2.28. The molecule has 1 aromatic carbocycles. The number of carbonyl (C=O) groups excluding carboxylic acids is 1. The van der Waals surface area contributed by atoms with E-state index in [-0.39, 0.29) is 24.7 Å². The number of esters is 1. The molecule has 0 radical (unpaired) electrons. The Bertz CT molecular complexity index is 1050. The van der Waals surface area contributed by atoms with Crippen LogP contribution < -0.4 is 11.4 Å². The van der Waals surface area contributed by atoms with Gasteiger partial charge in [-0.1, -0.05) is 12.1 Å². The molecule has 0 saturated carbocycles. The monoisotopic (exact) mass is 402 g/mol. The van der Waals surface area contributed by atoms with E-state index >= 15 is 0 Å². The van der Waals surface area contributed by atoms with E-state index in [2.05, 4.69) is 5.10 Å². The quantitative estimate of drug-likeness (QED) is 0.613. The van der Waals surface area contributed by atoms with Crippen molar-refractivity contribution in [3.63, 3.8) is 0 Å².